The van der Waals surface area contributed by atoms with Crippen LogP contribution in [0.15, 0.2) is 114 Å². The Balaban J connectivity index is 0.000000233. The van der Waals surface area contributed by atoms with E-state index in [9.17, 15) is 27.0 Å². The molecular weight excluding hydrogens is 922 g/mol. The number of morpholine rings is 2. The first kappa shape index (κ1) is 52.5. The molecule has 65 heavy (non-hydrogen) atoms. The van der Waals surface area contributed by atoms with Crippen LogP contribution >= 0.6 is 24.0 Å². The molecule has 0 atom stereocenters. The molecule has 0 spiro atoms. The van der Waals surface area contributed by atoms with E-state index in [0.29, 0.717) is 60.3 Å². The summed E-state index contributed by atoms with van der Waals surface area (Å²) < 4.78 is 75.7. The Bertz CT molecular complexity index is 2550. The monoisotopic (exact) mass is 975 g/mol. The minimum atomic E-state index is -3.76. The Labute approximate surface area is 392 Å². The first-order valence-electron chi connectivity index (χ1n) is 20.1. The first-order chi connectivity index (χ1) is 30.4. The number of aliphatic imine (C=N–C) groups is 1. The lowest BCUT2D eigenvalue weighted by Gasteiger charge is -2.28. The van der Waals surface area contributed by atoms with E-state index in [1.807, 2.05) is 12.3 Å². The fourth-order valence-corrected chi connectivity index (χ4v) is 9.49. The van der Waals surface area contributed by atoms with Gasteiger partial charge in [-0.05, 0) is 72.1 Å². The highest BCUT2D eigenvalue weighted by Crippen LogP contribution is 2.30. The van der Waals surface area contributed by atoms with Crippen molar-refractivity contribution in [2.24, 2.45) is 18.9 Å². The lowest BCUT2D eigenvalue weighted by atomic mass is 10.2. The Morgan fingerprint density at radius 2 is 1.22 bits per heavy atom. The third-order valence-electron chi connectivity index (χ3n) is 10.0. The molecule has 8 rings (SSSR count). The van der Waals surface area contributed by atoms with Gasteiger partial charge in [0.2, 0.25) is 0 Å². The molecule has 0 bridgehead atoms. The maximum Gasteiger partial charge on any atom is 0.285 e. The molecule has 0 aromatic heterocycles. The summed E-state index contributed by atoms with van der Waals surface area (Å²) in [6.07, 6.45) is 4.46. The zero-order chi connectivity index (χ0) is 44.8. The average molecular weight is 977 g/mol. The summed E-state index contributed by atoms with van der Waals surface area (Å²) in [7, 11) is -4.24. The van der Waals surface area contributed by atoms with Crippen molar-refractivity contribution < 1.29 is 46.0 Å². The number of fused-ring (bicyclic) bond motifs is 2. The van der Waals surface area contributed by atoms with Crippen molar-refractivity contribution in [2.75, 3.05) is 93.0 Å². The van der Waals surface area contributed by atoms with E-state index >= 15 is 0 Å². The number of hydrazone groups is 1. The largest absolute Gasteiger partial charge is 0.504 e. The minimum absolute atomic E-state index is 0. The zero-order valence-electron chi connectivity index (χ0n) is 35.3. The van der Waals surface area contributed by atoms with Crippen molar-refractivity contribution in [3.05, 3.63) is 107 Å². The van der Waals surface area contributed by atoms with Crippen LogP contribution in [0.2, 0.25) is 0 Å². The molecule has 0 aliphatic carbocycles. The van der Waals surface area contributed by atoms with Crippen LogP contribution in [0.25, 0.3) is 0 Å². The van der Waals surface area contributed by atoms with Crippen molar-refractivity contribution >= 4 is 67.5 Å². The van der Waals surface area contributed by atoms with Crippen LogP contribution in [-0.4, -0.2) is 158 Å². The van der Waals surface area contributed by atoms with Crippen LogP contribution < -0.4 is 9.47 Å². The van der Waals surface area contributed by atoms with Crippen LogP contribution in [0.3, 0.4) is 0 Å². The number of ether oxygens (including phenoxy) is 4. The number of aromatic hydroxyl groups is 2. The maximum atomic E-state index is 12.5. The SMILES string of the molecule is C.COc1cc(/C=N/N(CCN2CCOCC2)C2=NS(=O)(=O)c3ccccc32)ccc1O.COc1cc(C=NCCCN2CCOCC2)ccc1O.Cl.O=S1(=O)N=C(Cl)c2ccccc21. The average Bonchev–Trinajstić information content (AvgIpc) is 3.71. The first-order valence-corrected chi connectivity index (χ1v) is 23.3. The molecule has 2 fully saturated rings. The van der Waals surface area contributed by atoms with Gasteiger partial charge in [-0.15, -0.1) is 21.2 Å². The van der Waals surface area contributed by atoms with Gasteiger partial charge in [0.15, 0.2) is 34.0 Å². The Morgan fingerprint density at radius 1 is 0.723 bits per heavy atom. The predicted molar refractivity (Wildman–Crippen MR) is 255 cm³/mol. The summed E-state index contributed by atoms with van der Waals surface area (Å²) in [6.45, 7) is 9.73. The molecule has 0 unspecified atom stereocenters. The molecule has 0 saturated carbocycles. The second-order valence-corrected chi connectivity index (χ2v) is 17.8. The highest BCUT2D eigenvalue weighted by molar-refractivity contribution is 7.91. The number of benzene rings is 4. The summed E-state index contributed by atoms with van der Waals surface area (Å²) in [4.78, 5) is 9.43. The standard InChI is InChI=1S/C21H24N4O5S.C15H22N2O3.C7H4ClNO2S.CH4.ClH/c1-29-19-14-16(6-7-18(19)26)15-22-25(9-8-24-10-12-30-13-11-24)21-17-4-2-3-5-20(17)31(27,28)23-21;1-19-15-11-13(3-4-14(15)18)12-16-5-2-6-17-7-9-20-10-8-17;8-7-5-3-1-2-4-6(5)12(10,11)9-7;;/h2-7,14-15,26H,8-13H2,1H3;3-4,11-12,18H,2,5-10H2,1H3;1-4H;1H4;1H/b22-15+;;;;. The summed E-state index contributed by atoms with van der Waals surface area (Å²) >= 11 is 5.60. The van der Waals surface area contributed by atoms with Gasteiger partial charge in [0, 0.05) is 63.2 Å². The molecule has 21 heteroatoms. The molecule has 17 nitrogen and oxygen atoms in total. The van der Waals surface area contributed by atoms with Crippen molar-refractivity contribution in [1.29, 1.82) is 0 Å². The number of hydrogen-bond donors (Lipinski definition) is 2. The van der Waals surface area contributed by atoms with E-state index in [0.717, 1.165) is 64.5 Å². The smallest absolute Gasteiger partial charge is 0.285 e. The molecule has 4 aromatic rings. The van der Waals surface area contributed by atoms with Crippen LogP contribution in [0, 0.1) is 0 Å². The van der Waals surface area contributed by atoms with E-state index in [1.54, 1.807) is 78.0 Å². The minimum Gasteiger partial charge on any atom is -0.504 e. The fraction of sp³-hybridized carbons (Fsp3) is 0.364. The van der Waals surface area contributed by atoms with Crippen molar-refractivity contribution in [1.82, 2.24) is 14.8 Å². The fourth-order valence-electron chi connectivity index (χ4n) is 6.69. The molecule has 4 aliphatic heterocycles. The number of amidine groups is 1. The van der Waals surface area contributed by atoms with E-state index in [2.05, 4.69) is 28.7 Å². The van der Waals surface area contributed by atoms with Crippen molar-refractivity contribution in [3.63, 3.8) is 0 Å². The van der Waals surface area contributed by atoms with Crippen LogP contribution in [0.4, 0.5) is 0 Å². The predicted octanol–water partition coefficient (Wildman–Crippen LogP) is 5.49. The van der Waals surface area contributed by atoms with E-state index in [1.165, 1.54) is 26.4 Å². The van der Waals surface area contributed by atoms with Gasteiger partial charge in [0.25, 0.3) is 20.0 Å². The Hall–Kier alpha value is -5.12. The van der Waals surface area contributed by atoms with E-state index in [-0.39, 0.29) is 46.3 Å². The second-order valence-electron chi connectivity index (χ2n) is 14.3. The van der Waals surface area contributed by atoms with E-state index in [4.69, 9.17) is 30.5 Å². The number of rotatable bonds is 12. The van der Waals surface area contributed by atoms with Crippen molar-refractivity contribution in [3.8, 4) is 23.0 Å². The lowest BCUT2D eigenvalue weighted by Crippen LogP contribution is -2.41. The maximum absolute atomic E-state index is 12.5. The number of phenols is 2. The zero-order valence-corrected chi connectivity index (χ0v) is 38.5. The van der Waals surface area contributed by atoms with Crippen LogP contribution in [-0.2, 0) is 29.5 Å². The summed E-state index contributed by atoms with van der Waals surface area (Å²) in [6, 6.07) is 23.3. The Morgan fingerprint density at radius 3 is 1.77 bits per heavy atom. The normalized spacial score (nSPS) is 17.2. The molecular formula is C44H55Cl2N7O10S2. The molecule has 4 aromatic carbocycles. The van der Waals surface area contributed by atoms with Gasteiger partial charge >= 0.3 is 0 Å². The molecule has 0 radical (unpaired) electrons. The van der Waals surface area contributed by atoms with Gasteiger partial charge in [0.05, 0.1) is 58.3 Å². The van der Waals surface area contributed by atoms with Gasteiger partial charge in [-0.1, -0.05) is 49.4 Å². The molecule has 352 valence electrons. The molecule has 2 saturated heterocycles. The second kappa shape index (κ2) is 25.0. The highest BCUT2D eigenvalue weighted by atomic mass is 35.5. The van der Waals surface area contributed by atoms with Gasteiger partial charge < -0.3 is 29.2 Å². The third kappa shape index (κ3) is 14.4. The van der Waals surface area contributed by atoms with Crippen molar-refractivity contribution in [2.45, 2.75) is 23.6 Å². The summed E-state index contributed by atoms with van der Waals surface area (Å²) in [5, 5.41) is 25.5. The molecule has 4 aliphatic rings. The van der Waals surface area contributed by atoms with E-state index < -0.39 is 20.0 Å². The number of nitrogens with zero attached hydrogens (tertiary/aromatic N) is 7. The third-order valence-corrected chi connectivity index (χ3v) is 13.1. The van der Waals surface area contributed by atoms with Crippen LogP contribution in [0.1, 0.15) is 36.1 Å². The number of methoxy groups -OCH3 is 2. The number of halogens is 2. The molecule has 4 heterocycles. The van der Waals surface area contributed by atoms with Gasteiger partial charge in [-0.3, -0.25) is 14.8 Å². The number of sulfonamides is 2. The highest BCUT2D eigenvalue weighted by Gasteiger charge is 2.32. The van der Waals surface area contributed by atoms with Crippen LogP contribution in [0.5, 0.6) is 23.0 Å². The van der Waals surface area contributed by atoms with Gasteiger partial charge in [0.1, 0.15) is 4.90 Å². The topological polar surface area (TPSA) is 205 Å². The number of hydrogen-bond acceptors (Lipinski definition) is 15. The lowest BCUT2D eigenvalue weighted by molar-refractivity contribution is 0.0360. The van der Waals surface area contributed by atoms with Gasteiger partial charge in [-0.25, -0.2) is 5.01 Å². The Kier molecular flexibility index (Phi) is 20.2. The molecule has 0 amide bonds. The quantitative estimate of drug-likeness (QED) is 0.103. The summed E-state index contributed by atoms with van der Waals surface area (Å²) in [5.74, 6) is 1.28. The summed E-state index contributed by atoms with van der Waals surface area (Å²) in [5.41, 5.74) is 2.65. The molecule has 2 N–H and O–H groups in total. The number of phenolic OH excluding ortho intramolecular Hbond substituents is 2. The van der Waals surface area contributed by atoms with Gasteiger partial charge in [-0.2, -0.15) is 21.9 Å².